The average molecular weight is 272 g/mol. The first-order valence-corrected chi connectivity index (χ1v) is 6.81. The molecule has 0 fully saturated rings. The number of allylic oxidation sites excluding steroid dienone is 1. The van der Waals surface area contributed by atoms with Crippen LogP contribution >= 0.6 is 0 Å². The van der Waals surface area contributed by atoms with Gasteiger partial charge >= 0.3 is 11.9 Å². The number of ether oxygens (including phenoxy) is 2. The minimum absolute atomic E-state index is 0.00949. The second-order valence-electron chi connectivity index (χ2n) is 4.16. The van der Waals surface area contributed by atoms with Gasteiger partial charge in [-0.3, -0.25) is 9.59 Å². The number of carbonyl (C=O) groups is 2. The Hall–Kier alpha value is -1.36. The number of aliphatic hydroxyl groups excluding tert-OH is 1. The Bertz CT molecular complexity index is 273. The number of aliphatic hydroxyl groups is 1. The van der Waals surface area contributed by atoms with E-state index >= 15 is 0 Å². The SMILES string of the molecule is CCCCCCC=COC(=O)CCC(=O)OCCO. The molecular weight excluding hydrogens is 248 g/mol. The van der Waals surface area contributed by atoms with E-state index in [1.165, 1.54) is 25.5 Å². The fourth-order valence-corrected chi connectivity index (χ4v) is 1.38. The molecule has 0 radical (unpaired) electrons. The van der Waals surface area contributed by atoms with Gasteiger partial charge in [0.2, 0.25) is 0 Å². The molecule has 0 aliphatic carbocycles. The highest BCUT2D eigenvalue weighted by Crippen LogP contribution is 2.03. The highest BCUT2D eigenvalue weighted by molar-refractivity contribution is 5.77. The van der Waals surface area contributed by atoms with Crippen LogP contribution in [0.15, 0.2) is 12.3 Å². The summed E-state index contributed by atoms with van der Waals surface area (Å²) in [4.78, 5) is 22.2. The zero-order valence-corrected chi connectivity index (χ0v) is 11.6. The molecule has 0 rings (SSSR count). The van der Waals surface area contributed by atoms with Crippen molar-refractivity contribution in [2.75, 3.05) is 13.2 Å². The zero-order chi connectivity index (χ0) is 14.3. The molecule has 0 unspecified atom stereocenters. The normalized spacial score (nSPS) is 10.6. The minimum Gasteiger partial charge on any atom is -0.463 e. The number of rotatable bonds is 11. The van der Waals surface area contributed by atoms with Crippen molar-refractivity contribution in [1.82, 2.24) is 0 Å². The number of unbranched alkanes of at least 4 members (excludes halogenated alkanes) is 4. The number of hydrogen-bond donors (Lipinski definition) is 1. The first-order valence-electron chi connectivity index (χ1n) is 6.81. The molecule has 0 spiro atoms. The lowest BCUT2D eigenvalue weighted by Gasteiger charge is -2.01. The Balaban J connectivity index is 3.48. The molecule has 0 saturated carbocycles. The van der Waals surface area contributed by atoms with Crippen LogP contribution in [0.3, 0.4) is 0 Å². The maximum Gasteiger partial charge on any atom is 0.311 e. The third-order valence-electron chi connectivity index (χ3n) is 2.41. The quantitative estimate of drug-likeness (QED) is 0.355. The van der Waals surface area contributed by atoms with E-state index in [0.717, 1.165) is 12.8 Å². The van der Waals surface area contributed by atoms with E-state index in [4.69, 9.17) is 9.84 Å². The molecule has 0 aromatic rings. The number of esters is 2. The number of carbonyl (C=O) groups excluding carboxylic acids is 2. The predicted molar refractivity (Wildman–Crippen MR) is 71.3 cm³/mol. The fourth-order valence-electron chi connectivity index (χ4n) is 1.38. The van der Waals surface area contributed by atoms with E-state index in [2.05, 4.69) is 11.7 Å². The van der Waals surface area contributed by atoms with Gasteiger partial charge in [0.05, 0.1) is 25.7 Å². The standard InChI is InChI=1S/C14H24O5/c1-2-3-4-5-6-7-11-18-13(16)8-9-14(17)19-12-10-15/h7,11,15H,2-6,8-10,12H2,1H3. The van der Waals surface area contributed by atoms with Gasteiger partial charge in [-0.25, -0.2) is 0 Å². The van der Waals surface area contributed by atoms with Crippen molar-refractivity contribution in [3.05, 3.63) is 12.3 Å². The highest BCUT2D eigenvalue weighted by atomic mass is 16.5. The number of hydrogen-bond acceptors (Lipinski definition) is 5. The van der Waals surface area contributed by atoms with Gasteiger partial charge in [-0.15, -0.1) is 0 Å². The predicted octanol–water partition coefficient (Wildman–Crippen LogP) is 2.33. The molecule has 110 valence electrons. The Morgan fingerprint density at radius 2 is 1.84 bits per heavy atom. The molecule has 0 saturated heterocycles. The van der Waals surface area contributed by atoms with Crippen molar-refractivity contribution >= 4 is 11.9 Å². The first kappa shape index (κ1) is 17.6. The Morgan fingerprint density at radius 3 is 2.53 bits per heavy atom. The van der Waals surface area contributed by atoms with Crippen molar-refractivity contribution in [2.24, 2.45) is 0 Å². The summed E-state index contributed by atoms with van der Waals surface area (Å²) in [5, 5.41) is 8.44. The highest BCUT2D eigenvalue weighted by Gasteiger charge is 2.07. The van der Waals surface area contributed by atoms with Gasteiger partial charge in [0.25, 0.3) is 0 Å². The average Bonchev–Trinajstić information content (AvgIpc) is 2.41. The summed E-state index contributed by atoms with van der Waals surface area (Å²) < 4.78 is 9.43. The van der Waals surface area contributed by atoms with Crippen LogP contribution in [0.1, 0.15) is 51.9 Å². The van der Waals surface area contributed by atoms with Crippen molar-refractivity contribution in [2.45, 2.75) is 51.9 Å². The van der Waals surface area contributed by atoms with Crippen LogP contribution in [0.25, 0.3) is 0 Å². The van der Waals surface area contributed by atoms with Gasteiger partial charge < -0.3 is 14.6 Å². The molecule has 19 heavy (non-hydrogen) atoms. The van der Waals surface area contributed by atoms with Crippen LogP contribution in [0.2, 0.25) is 0 Å². The first-order chi connectivity index (χ1) is 9.20. The van der Waals surface area contributed by atoms with E-state index in [0.29, 0.717) is 0 Å². The van der Waals surface area contributed by atoms with E-state index < -0.39 is 11.9 Å². The molecule has 0 heterocycles. The molecular formula is C14H24O5. The summed E-state index contributed by atoms with van der Waals surface area (Å²) >= 11 is 0. The van der Waals surface area contributed by atoms with Crippen LogP contribution in [-0.4, -0.2) is 30.3 Å². The summed E-state index contributed by atoms with van der Waals surface area (Å²) in [6.07, 6.45) is 8.76. The lowest BCUT2D eigenvalue weighted by molar-refractivity contribution is -0.148. The lowest BCUT2D eigenvalue weighted by Crippen LogP contribution is -2.10. The summed E-state index contributed by atoms with van der Waals surface area (Å²) in [5.74, 6) is -0.958. The summed E-state index contributed by atoms with van der Waals surface area (Å²) in [7, 11) is 0. The van der Waals surface area contributed by atoms with E-state index in [-0.39, 0.29) is 26.1 Å². The molecule has 0 amide bonds. The van der Waals surface area contributed by atoms with Gasteiger partial charge in [-0.1, -0.05) is 26.2 Å². The molecule has 5 heteroatoms. The van der Waals surface area contributed by atoms with Crippen molar-refractivity contribution in [3.63, 3.8) is 0 Å². The maximum absolute atomic E-state index is 11.2. The monoisotopic (exact) mass is 272 g/mol. The van der Waals surface area contributed by atoms with Crippen molar-refractivity contribution < 1.29 is 24.2 Å². The minimum atomic E-state index is -0.505. The van der Waals surface area contributed by atoms with E-state index in [1.54, 1.807) is 0 Å². The Labute approximate surface area is 114 Å². The van der Waals surface area contributed by atoms with Crippen molar-refractivity contribution in [1.29, 1.82) is 0 Å². The molecule has 0 aliphatic heterocycles. The third kappa shape index (κ3) is 12.9. The smallest absolute Gasteiger partial charge is 0.311 e. The molecule has 0 aromatic heterocycles. The molecule has 0 aromatic carbocycles. The fraction of sp³-hybridized carbons (Fsp3) is 0.714. The second-order valence-corrected chi connectivity index (χ2v) is 4.16. The summed E-state index contributed by atoms with van der Waals surface area (Å²) in [6, 6.07) is 0. The molecule has 0 atom stereocenters. The topological polar surface area (TPSA) is 72.8 Å². The Kier molecular flexibility index (Phi) is 12.1. The van der Waals surface area contributed by atoms with E-state index in [1.807, 2.05) is 6.08 Å². The second kappa shape index (κ2) is 13.1. The van der Waals surface area contributed by atoms with Crippen LogP contribution in [0.4, 0.5) is 0 Å². The van der Waals surface area contributed by atoms with E-state index in [9.17, 15) is 9.59 Å². The summed E-state index contributed by atoms with van der Waals surface area (Å²) in [5.41, 5.74) is 0. The van der Waals surface area contributed by atoms with Gasteiger partial charge in [-0.2, -0.15) is 0 Å². The van der Waals surface area contributed by atoms with Crippen LogP contribution in [0, 0.1) is 0 Å². The molecule has 1 N–H and O–H groups in total. The summed E-state index contributed by atoms with van der Waals surface area (Å²) in [6.45, 7) is 1.91. The van der Waals surface area contributed by atoms with Gasteiger partial charge in [0.1, 0.15) is 6.61 Å². The van der Waals surface area contributed by atoms with Crippen LogP contribution in [-0.2, 0) is 19.1 Å². The molecule has 5 nitrogen and oxygen atoms in total. The lowest BCUT2D eigenvalue weighted by atomic mass is 10.1. The molecule has 0 aliphatic rings. The van der Waals surface area contributed by atoms with Crippen LogP contribution < -0.4 is 0 Å². The Morgan fingerprint density at radius 1 is 1.11 bits per heavy atom. The molecule has 0 bridgehead atoms. The maximum atomic E-state index is 11.2. The van der Waals surface area contributed by atoms with Gasteiger partial charge in [0.15, 0.2) is 0 Å². The third-order valence-corrected chi connectivity index (χ3v) is 2.41. The van der Waals surface area contributed by atoms with Crippen LogP contribution in [0.5, 0.6) is 0 Å². The zero-order valence-electron chi connectivity index (χ0n) is 11.6. The largest absolute Gasteiger partial charge is 0.463 e. The van der Waals surface area contributed by atoms with Gasteiger partial charge in [0, 0.05) is 0 Å². The van der Waals surface area contributed by atoms with Gasteiger partial charge in [-0.05, 0) is 18.9 Å². The van der Waals surface area contributed by atoms with Crippen molar-refractivity contribution in [3.8, 4) is 0 Å².